The molecular formula is C15H15Cl2N4+. The minimum absolute atomic E-state index is 0.394. The van der Waals surface area contributed by atoms with Crippen molar-refractivity contribution in [1.29, 1.82) is 5.53 Å². The van der Waals surface area contributed by atoms with E-state index in [1.807, 2.05) is 24.3 Å². The zero-order chi connectivity index (χ0) is 14.8. The highest BCUT2D eigenvalue weighted by molar-refractivity contribution is 6.38. The Balaban J connectivity index is 1.99. The second-order valence-corrected chi connectivity index (χ2v) is 5.94. The van der Waals surface area contributed by atoms with E-state index in [0.29, 0.717) is 15.9 Å². The zero-order valence-electron chi connectivity index (χ0n) is 11.3. The van der Waals surface area contributed by atoms with Crippen LogP contribution in [0.4, 0.5) is 11.4 Å². The molecular weight excluding hydrogens is 307 g/mol. The molecule has 108 valence electrons. The molecule has 1 fully saturated rings. The minimum atomic E-state index is 0.394. The van der Waals surface area contributed by atoms with Crippen LogP contribution in [0.1, 0.15) is 12.8 Å². The molecule has 3 rings (SSSR count). The van der Waals surface area contributed by atoms with Gasteiger partial charge in [0.1, 0.15) is 5.15 Å². The van der Waals surface area contributed by atoms with Gasteiger partial charge in [0, 0.05) is 29.3 Å². The number of quaternary nitrogens is 1. The van der Waals surface area contributed by atoms with E-state index >= 15 is 0 Å². The molecule has 21 heavy (non-hydrogen) atoms. The third kappa shape index (κ3) is 3.07. The second kappa shape index (κ2) is 6.10. The van der Waals surface area contributed by atoms with Crippen LogP contribution in [0.25, 0.3) is 11.1 Å². The van der Waals surface area contributed by atoms with Gasteiger partial charge in [-0.25, -0.2) is 10.5 Å². The quantitative estimate of drug-likeness (QED) is 0.480. The number of rotatable bonds is 5. The Bertz CT molecular complexity index is 683. The van der Waals surface area contributed by atoms with Crippen LogP contribution in [0, 0.1) is 11.4 Å². The van der Waals surface area contributed by atoms with Crippen LogP contribution in [0.3, 0.4) is 0 Å². The van der Waals surface area contributed by atoms with Gasteiger partial charge in [-0.3, -0.25) is 0 Å². The molecule has 2 aromatic rings. The van der Waals surface area contributed by atoms with Crippen LogP contribution in [-0.2, 0) is 0 Å². The number of hydrogen-bond donors (Lipinski definition) is 2. The highest BCUT2D eigenvalue weighted by atomic mass is 35.5. The Labute approximate surface area is 133 Å². The molecule has 0 atom stereocenters. The van der Waals surface area contributed by atoms with E-state index in [2.05, 4.69) is 15.4 Å². The zero-order valence-corrected chi connectivity index (χ0v) is 12.8. The van der Waals surface area contributed by atoms with Crippen molar-refractivity contribution >= 4 is 34.6 Å². The summed E-state index contributed by atoms with van der Waals surface area (Å²) in [5.74, 6) is 0.787. The van der Waals surface area contributed by atoms with Crippen molar-refractivity contribution in [2.24, 2.45) is 11.0 Å². The number of benzene rings is 1. The molecule has 1 saturated carbocycles. The number of nitrogens with one attached hydrogen (secondary N) is 1. The van der Waals surface area contributed by atoms with Gasteiger partial charge in [-0.1, -0.05) is 23.2 Å². The molecule has 0 amide bonds. The number of pyridine rings is 1. The number of halogens is 2. The average molecular weight is 322 g/mol. The topological polar surface area (TPSA) is 65.7 Å². The maximum Gasteiger partial charge on any atom is 0.165 e. The minimum Gasteiger partial charge on any atom is -0.312 e. The smallest absolute Gasteiger partial charge is 0.165 e. The SMILES string of the molecule is N=Nc1c([NH2+]CC2CC2)ccc(-c2cccnc2Cl)c1Cl. The fourth-order valence-electron chi connectivity index (χ4n) is 2.30. The summed E-state index contributed by atoms with van der Waals surface area (Å²) in [7, 11) is 0. The van der Waals surface area contributed by atoms with Crippen LogP contribution in [-0.4, -0.2) is 11.5 Å². The molecule has 6 heteroatoms. The van der Waals surface area contributed by atoms with E-state index in [1.54, 1.807) is 6.20 Å². The first-order chi connectivity index (χ1) is 10.2. The van der Waals surface area contributed by atoms with Gasteiger partial charge < -0.3 is 5.32 Å². The lowest BCUT2D eigenvalue weighted by atomic mass is 10.1. The molecule has 1 aliphatic carbocycles. The highest BCUT2D eigenvalue weighted by Gasteiger charge is 2.25. The van der Waals surface area contributed by atoms with Crippen LogP contribution in [0.15, 0.2) is 35.6 Å². The lowest BCUT2D eigenvalue weighted by molar-refractivity contribution is -0.574. The van der Waals surface area contributed by atoms with E-state index in [4.69, 9.17) is 28.7 Å². The van der Waals surface area contributed by atoms with Gasteiger partial charge in [-0.05, 0) is 31.0 Å². The van der Waals surface area contributed by atoms with Gasteiger partial charge in [0.2, 0.25) is 0 Å². The molecule has 0 bridgehead atoms. The normalized spacial score (nSPS) is 14.2. The lowest BCUT2D eigenvalue weighted by Crippen LogP contribution is -2.78. The Morgan fingerprint density at radius 2 is 2.05 bits per heavy atom. The van der Waals surface area contributed by atoms with Gasteiger partial charge in [0.05, 0.1) is 11.6 Å². The third-order valence-electron chi connectivity index (χ3n) is 3.68. The summed E-state index contributed by atoms with van der Waals surface area (Å²) in [6.07, 6.45) is 4.22. The number of hydrogen-bond acceptors (Lipinski definition) is 3. The van der Waals surface area contributed by atoms with E-state index < -0.39 is 0 Å². The van der Waals surface area contributed by atoms with Crippen molar-refractivity contribution in [2.75, 3.05) is 6.54 Å². The van der Waals surface area contributed by atoms with Crippen molar-refractivity contribution in [3.05, 3.63) is 40.6 Å². The van der Waals surface area contributed by atoms with Crippen molar-refractivity contribution < 1.29 is 5.32 Å². The molecule has 0 aliphatic heterocycles. The Hall–Kier alpha value is -1.49. The third-order valence-corrected chi connectivity index (χ3v) is 4.36. The van der Waals surface area contributed by atoms with E-state index in [-0.39, 0.29) is 0 Å². The molecule has 0 saturated heterocycles. The molecule has 4 nitrogen and oxygen atoms in total. The van der Waals surface area contributed by atoms with Crippen LogP contribution >= 0.6 is 23.2 Å². The predicted octanol–water partition coefficient (Wildman–Crippen LogP) is 4.32. The fraction of sp³-hybridized carbons (Fsp3) is 0.267. The van der Waals surface area contributed by atoms with E-state index in [9.17, 15) is 0 Å². The first-order valence-electron chi connectivity index (χ1n) is 6.84. The molecule has 0 radical (unpaired) electrons. The van der Waals surface area contributed by atoms with Crippen molar-refractivity contribution in [2.45, 2.75) is 12.8 Å². The summed E-state index contributed by atoms with van der Waals surface area (Å²) in [6, 6.07) is 7.53. The molecule has 0 unspecified atom stereocenters. The number of nitrogens with two attached hydrogens (primary N) is 1. The summed E-state index contributed by atoms with van der Waals surface area (Å²) in [5, 5.41) is 6.57. The fourth-order valence-corrected chi connectivity index (χ4v) is 2.84. The Kier molecular flexibility index (Phi) is 4.19. The van der Waals surface area contributed by atoms with Gasteiger partial charge in [-0.15, -0.1) is 0 Å². The lowest BCUT2D eigenvalue weighted by Gasteiger charge is -2.10. The largest absolute Gasteiger partial charge is 0.312 e. The Morgan fingerprint density at radius 3 is 2.71 bits per heavy atom. The predicted molar refractivity (Wildman–Crippen MR) is 83.7 cm³/mol. The highest BCUT2D eigenvalue weighted by Crippen LogP contribution is 2.40. The monoisotopic (exact) mass is 321 g/mol. The van der Waals surface area contributed by atoms with E-state index in [1.165, 1.54) is 12.8 Å². The van der Waals surface area contributed by atoms with Crippen molar-refractivity contribution in [3.8, 4) is 11.1 Å². The standard InChI is InChI=1S/C15H14Cl2N4/c16-13-10(11-2-1-7-19-15(11)17)5-6-12(14(13)21-18)20-8-9-3-4-9/h1-2,5-7,9,18,20H,3-4,8H2/p+1. The number of aromatic nitrogens is 1. The first-order valence-corrected chi connectivity index (χ1v) is 7.60. The molecule has 1 heterocycles. The first kappa shape index (κ1) is 14.4. The maximum atomic E-state index is 7.41. The van der Waals surface area contributed by atoms with Crippen molar-refractivity contribution in [1.82, 2.24) is 4.98 Å². The number of nitrogens with zero attached hydrogens (tertiary/aromatic N) is 2. The van der Waals surface area contributed by atoms with Gasteiger partial charge in [0.25, 0.3) is 0 Å². The molecule has 3 N–H and O–H groups in total. The van der Waals surface area contributed by atoms with Crippen molar-refractivity contribution in [3.63, 3.8) is 0 Å². The maximum absolute atomic E-state index is 7.41. The molecule has 1 aromatic carbocycles. The summed E-state index contributed by atoms with van der Waals surface area (Å²) >= 11 is 12.6. The van der Waals surface area contributed by atoms with Crippen LogP contribution in [0.2, 0.25) is 10.2 Å². The van der Waals surface area contributed by atoms with Gasteiger partial charge in [-0.2, -0.15) is 5.11 Å². The summed E-state index contributed by atoms with van der Waals surface area (Å²) in [5.41, 5.74) is 10.3. The van der Waals surface area contributed by atoms with Crippen LogP contribution < -0.4 is 5.32 Å². The van der Waals surface area contributed by atoms with E-state index in [0.717, 1.165) is 29.3 Å². The van der Waals surface area contributed by atoms with Gasteiger partial charge >= 0.3 is 0 Å². The second-order valence-electron chi connectivity index (χ2n) is 5.20. The summed E-state index contributed by atoms with van der Waals surface area (Å²) in [4.78, 5) is 4.06. The summed E-state index contributed by atoms with van der Waals surface area (Å²) in [6.45, 7) is 1.02. The average Bonchev–Trinajstić information content (AvgIpc) is 3.30. The molecule has 1 aliphatic rings. The van der Waals surface area contributed by atoms with Crippen LogP contribution in [0.5, 0.6) is 0 Å². The van der Waals surface area contributed by atoms with Gasteiger partial charge in [0.15, 0.2) is 11.4 Å². The Morgan fingerprint density at radius 1 is 1.24 bits per heavy atom. The molecule has 1 aromatic heterocycles. The summed E-state index contributed by atoms with van der Waals surface area (Å²) < 4.78 is 0. The molecule has 0 spiro atoms.